The molecule has 2 aromatic heterocycles. The van der Waals surface area contributed by atoms with Gasteiger partial charge in [0.05, 0.1) is 16.8 Å². The number of aromatic nitrogens is 3. The predicted molar refractivity (Wildman–Crippen MR) is 150 cm³/mol. The molecule has 11 nitrogen and oxygen atoms in total. The minimum Gasteiger partial charge on any atom is -0.457 e. The number of benzene rings is 2. The predicted octanol–water partition coefficient (Wildman–Crippen LogP) is 2.28. The van der Waals surface area contributed by atoms with Gasteiger partial charge in [0.25, 0.3) is 11.8 Å². The first kappa shape index (κ1) is 26.2. The smallest absolute Gasteiger partial charge is 0.314 e. The van der Waals surface area contributed by atoms with Gasteiger partial charge in [-0.25, -0.2) is 4.98 Å². The highest BCUT2D eigenvalue weighted by atomic mass is 16.5. The number of hydrogen-bond acceptors (Lipinski definition) is 7. The van der Waals surface area contributed by atoms with E-state index in [4.69, 9.17) is 15.5 Å². The highest BCUT2D eigenvalue weighted by Crippen LogP contribution is 2.34. The number of aromatic amines is 2. The normalized spacial score (nSPS) is 14.7. The number of para-hydroxylation sites is 1. The van der Waals surface area contributed by atoms with Gasteiger partial charge >= 0.3 is 11.1 Å². The Balaban J connectivity index is 1.61. The Kier molecular flexibility index (Phi) is 7.33. The van der Waals surface area contributed by atoms with Crippen LogP contribution < -0.4 is 31.8 Å². The standard InChI is InChI=1S/C29H26N6O5/c1-2-7-21(36)31-18-8-6-15-35(16-18)27-25-24(33-28(38)29(39)34-25)22(26(30)37)23(32-27)17-11-13-20(14-12-17)40-19-9-4-3-5-10-19/h3-5,9-14,18H,6,8,15-16H2,1H3,(H2,30,37)(H,31,36)(H,33,38)(H,34,39)/t18-/m0/s1. The van der Waals surface area contributed by atoms with Crippen molar-refractivity contribution in [2.24, 2.45) is 5.73 Å². The maximum absolute atomic E-state index is 12.7. The molecule has 0 bridgehead atoms. The molecule has 0 spiro atoms. The molecule has 5 rings (SSSR count). The van der Waals surface area contributed by atoms with Gasteiger partial charge in [-0.2, -0.15) is 0 Å². The van der Waals surface area contributed by atoms with E-state index in [1.54, 1.807) is 31.2 Å². The maximum Gasteiger partial charge on any atom is 0.314 e. The lowest BCUT2D eigenvalue weighted by atomic mass is 10.0. The van der Waals surface area contributed by atoms with Crippen molar-refractivity contribution in [2.45, 2.75) is 25.8 Å². The zero-order valence-corrected chi connectivity index (χ0v) is 21.6. The Hall–Kier alpha value is -5.37. The van der Waals surface area contributed by atoms with E-state index in [2.05, 4.69) is 27.1 Å². The van der Waals surface area contributed by atoms with Gasteiger partial charge in [0.15, 0.2) is 5.82 Å². The molecule has 11 heteroatoms. The number of nitrogens with zero attached hydrogens (tertiary/aromatic N) is 2. The summed E-state index contributed by atoms with van der Waals surface area (Å²) >= 11 is 0. The molecular formula is C29H26N6O5. The second-order valence-electron chi connectivity index (χ2n) is 9.25. The molecule has 0 saturated carbocycles. The highest BCUT2D eigenvalue weighted by molar-refractivity contribution is 6.11. The third kappa shape index (κ3) is 5.42. The van der Waals surface area contributed by atoms with E-state index in [1.165, 1.54) is 0 Å². The lowest BCUT2D eigenvalue weighted by molar-refractivity contribution is -0.116. The van der Waals surface area contributed by atoms with Crippen LogP contribution in [0.4, 0.5) is 5.82 Å². The van der Waals surface area contributed by atoms with E-state index in [-0.39, 0.29) is 34.2 Å². The number of rotatable bonds is 6. The summed E-state index contributed by atoms with van der Waals surface area (Å²) in [6, 6.07) is 16.0. The first-order valence-corrected chi connectivity index (χ1v) is 12.7. The zero-order valence-electron chi connectivity index (χ0n) is 21.6. The Morgan fingerprint density at radius 2 is 1.70 bits per heavy atom. The molecule has 0 unspecified atom stereocenters. The molecular weight excluding hydrogens is 512 g/mol. The Morgan fingerprint density at radius 3 is 2.38 bits per heavy atom. The van der Waals surface area contributed by atoms with Crippen LogP contribution in [-0.2, 0) is 4.79 Å². The first-order chi connectivity index (χ1) is 19.3. The molecule has 1 saturated heterocycles. The fraction of sp³-hybridized carbons (Fsp3) is 0.207. The summed E-state index contributed by atoms with van der Waals surface area (Å²) in [6.07, 6.45) is 1.45. The number of pyridine rings is 1. The monoisotopic (exact) mass is 538 g/mol. The SMILES string of the molecule is CC#CC(=O)N[C@H]1CCCN(c2nc(-c3ccc(Oc4ccccc4)cc3)c(C(N)=O)c3[nH]c(=O)c(=O)[nH]c23)C1. The quantitative estimate of drug-likeness (QED) is 0.216. The van der Waals surface area contributed by atoms with Crippen molar-refractivity contribution in [2.75, 3.05) is 18.0 Å². The van der Waals surface area contributed by atoms with E-state index >= 15 is 0 Å². The van der Waals surface area contributed by atoms with Gasteiger partial charge in [-0.3, -0.25) is 19.2 Å². The summed E-state index contributed by atoms with van der Waals surface area (Å²) < 4.78 is 5.87. The van der Waals surface area contributed by atoms with Crippen LogP contribution in [0, 0.1) is 11.8 Å². The van der Waals surface area contributed by atoms with Crippen LogP contribution in [0.5, 0.6) is 11.5 Å². The molecule has 1 atom stereocenters. The van der Waals surface area contributed by atoms with E-state index in [1.807, 2.05) is 35.2 Å². The van der Waals surface area contributed by atoms with Gasteiger partial charge in [0.1, 0.15) is 17.0 Å². The average molecular weight is 539 g/mol. The summed E-state index contributed by atoms with van der Waals surface area (Å²) in [4.78, 5) is 61.2. The molecule has 2 amide bonds. The van der Waals surface area contributed by atoms with Crippen LogP contribution >= 0.6 is 0 Å². The van der Waals surface area contributed by atoms with Crippen molar-refractivity contribution in [3.63, 3.8) is 0 Å². The summed E-state index contributed by atoms with van der Waals surface area (Å²) in [5.74, 6) is 5.43. The van der Waals surface area contributed by atoms with Crippen molar-refractivity contribution in [3.05, 3.63) is 80.9 Å². The van der Waals surface area contributed by atoms with Gasteiger partial charge in [0.2, 0.25) is 0 Å². The molecule has 1 fully saturated rings. The van der Waals surface area contributed by atoms with Crippen molar-refractivity contribution < 1.29 is 14.3 Å². The number of nitrogens with one attached hydrogen (secondary N) is 3. The van der Waals surface area contributed by atoms with Gasteiger partial charge < -0.3 is 30.7 Å². The molecule has 1 aliphatic rings. The number of amides is 2. The van der Waals surface area contributed by atoms with Gasteiger partial charge in [-0.05, 0) is 62.1 Å². The second-order valence-corrected chi connectivity index (χ2v) is 9.25. The summed E-state index contributed by atoms with van der Waals surface area (Å²) in [6.45, 7) is 2.52. The van der Waals surface area contributed by atoms with Crippen molar-refractivity contribution >= 4 is 28.7 Å². The molecule has 5 N–H and O–H groups in total. The summed E-state index contributed by atoms with van der Waals surface area (Å²) in [5.41, 5.74) is 4.95. The van der Waals surface area contributed by atoms with Crippen LogP contribution in [0.25, 0.3) is 22.3 Å². The fourth-order valence-electron chi connectivity index (χ4n) is 4.76. The summed E-state index contributed by atoms with van der Waals surface area (Å²) in [7, 11) is 0. The number of piperidine rings is 1. The fourth-order valence-corrected chi connectivity index (χ4v) is 4.76. The van der Waals surface area contributed by atoms with Crippen molar-refractivity contribution in [1.29, 1.82) is 0 Å². The van der Waals surface area contributed by atoms with Crippen molar-refractivity contribution in [1.82, 2.24) is 20.3 Å². The van der Waals surface area contributed by atoms with Crippen LogP contribution in [0.15, 0.2) is 64.2 Å². The largest absolute Gasteiger partial charge is 0.457 e. The van der Waals surface area contributed by atoms with Crippen molar-refractivity contribution in [3.8, 4) is 34.6 Å². The minimum absolute atomic E-state index is 0.0380. The number of fused-ring (bicyclic) bond motifs is 1. The molecule has 4 aromatic rings. The number of H-pyrrole nitrogens is 2. The third-order valence-electron chi connectivity index (χ3n) is 6.51. The topological polar surface area (TPSA) is 163 Å². The Morgan fingerprint density at radius 1 is 1.02 bits per heavy atom. The number of ether oxygens (including phenoxy) is 1. The Bertz CT molecular complexity index is 1770. The van der Waals surface area contributed by atoms with Gasteiger partial charge in [-0.15, -0.1) is 0 Å². The highest BCUT2D eigenvalue weighted by Gasteiger charge is 2.28. The maximum atomic E-state index is 12.7. The lowest BCUT2D eigenvalue weighted by Crippen LogP contribution is -2.48. The zero-order chi connectivity index (χ0) is 28.2. The molecule has 1 aliphatic heterocycles. The lowest BCUT2D eigenvalue weighted by Gasteiger charge is -2.34. The van der Waals surface area contributed by atoms with E-state index < -0.39 is 17.0 Å². The van der Waals surface area contributed by atoms with E-state index in [0.717, 1.165) is 12.8 Å². The van der Waals surface area contributed by atoms with Crippen LogP contribution in [0.2, 0.25) is 0 Å². The second kappa shape index (κ2) is 11.2. The molecule has 202 valence electrons. The number of carbonyl (C=O) groups is 2. The van der Waals surface area contributed by atoms with Gasteiger partial charge in [-0.1, -0.05) is 24.1 Å². The van der Waals surface area contributed by atoms with Crippen LogP contribution in [0.1, 0.15) is 30.1 Å². The number of hydrogen-bond donors (Lipinski definition) is 4. The molecule has 0 radical (unpaired) electrons. The van der Waals surface area contributed by atoms with Gasteiger partial charge in [0, 0.05) is 24.7 Å². The average Bonchev–Trinajstić information content (AvgIpc) is 2.94. The molecule has 3 heterocycles. The molecule has 2 aromatic carbocycles. The minimum atomic E-state index is -0.924. The summed E-state index contributed by atoms with van der Waals surface area (Å²) in [5, 5.41) is 2.89. The number of primary amides is 1. The number of anilines is 1. The molecule has 0 aliphatic carbocycles. The third-order valence-corrected chi connectivity index (χ3v) is 6.51. The van der Waals surface area contributed by atoms with E-state index in [9.17, 15) is 19.2 Å². The van der Waals surface area contributed by atoms with Crippen LogP contribution in [0.3, 0.4) is 0 Å². The first-order valence-electron chi connectivity index (χ1n) is 12.7. The Labute approximate surface area is 228 Å². The number of carbonyl (C=O) groups excluding carboxylic acids is 2. The number of nitrogens with two attached hydrogens (primary N) is 1. The van der Waals surface area contributed by atoms with E-state index in [0.29, 0.717) is 36.0 Å². The van der Waals surface area contributed by atoms with Crippen LogP contribution in [-0.4, -0.2) is 45.9 Å². The molecule has 40 heavy (non-hydrogen) atoms.